The quantitative estimate of drug-likeness (QED) is 0.857. The number of nitrogens with zero attached hydrogens (tertiary/aromatic N) is 1. The molecule has 0 heterocycles. The highest BCUT2D eigenvalue weighted by Gasteiger charge is 2.00. The van der Waals surface area contributed by atoms with Gasteiger partial charge in [0.05, 0.1) is 0 Å². The highest BCUT2D eigenvalue weighted by Crippen LogP contribution is 2.14. The molecule has 0 radical (unpaired) electrons. The van der Waals surface area contributed by atoms with E-state index >= 15 is 0 Å². The number of aryl methyl sites for hydroxylation is 1. The summed E-state index contributed by atoms with van der Waals surface area (Å²) in [5.74, 6) is -0.205. The maximum atomic E-state index is 12.8. The summed E-state index contributed by atoms with van der Waals surface area (Å²) in [4.78, 5) is 2.20. The zero-order valence-electron chi connectivity index (χ0n) is 12.1. The van der Waals surface area contributed by atoms with Gasteiger partial charge in [-0.05, 0) is 48.4 Å². The van der Waals surface area contributed by atoms with E-state index in [0.717, 1.165) is 25.2 Å². The number of benzene rings is 2. The maximum Gasteiger partial charge on any atom is 0.123 e. The molecule has 0 saturated heterocycles. The fourth-order valence-corrected chi connectivity index (χ4v) is 2.05. The van der Waals surface area contributed by atoms with Crippen LogP contribution in [-0.4, -0.2) is 20.1 Å². The minimum Gasteiger partial charge on any atom is -0.383 e. The Bertz CT molecular complexity index is 520. The van der Waals surface area contributed by atoms with Gasteiger partial charge in [0, 0.05) is 31.5 Å². The molecule has 0 aliphatic heterocycles. The van der Waals surface area contributed by atoms with Crippen LogP contribution in [0.2, 0.25) is 0 Å². The molecule has 1 N–H and O–H groups in total. The molecule has 106 valence electrons. The third-order valence-electron chi connectivity index (χ3n) is 3.41. The van der Waals surface area contributed by atoms with Crippen LogP contribution in [0.1, 0.15) is 12.5 Å². The van der Waals surface area contributed by atoms with Crippen LogP contribution in [-0.2, 0) is 6.42 Å². The lowest BCUT2D eigenvalue weighted by Crippen LogP contribution is -2.24. The average Bonchev–Trinajstić information content (AvgIpc) is 2.49. The minimum atomic E-state index is -0.205. The van der Waals surface area contributed by atoms with Crippen molar-refractivity contribution in [1.29, 1.82) is 0 Å². The van der Waals surface area contributed by atoms with Crippen molar-refractivity contribution in [2.24, 2.45) is 0 Å². The summed E-state index contributed by atoms with van der Waals surface area (Å²) in [6.45, 7) is 3.87. The molecule has 0 aliphatic rings. The monoisotopic (exact) mass is 272 g/mol. The molecular formula is C17H21FN2. The Kier molecular flexibility index (Phi) is 4.99. The highest BCUT2D eigenvalue weighted by molar-refractivity contribution is 5.48. The van der Waals surface area contributed by atoms with E-state index in [2.05, 4.69) is 48.5 Å². The molecule has 0 unspecified atom stereocenters. The van der Waals surface area contributed by atoms with E-state index in [4.69, 9.17) is 0 Å². The molecule has 0 bridgehead atoms. The molecule has 0 aromatic heterocycles. The van der Waals surface area contributed by atoms with E-state index in [9.17, 15) is 4.39 Å². The average molecular weight is 272 g/mol. The molecule has 2 rings (SSSR count). The second-order valence-corrected chi connectivity index (χ2v) is 4.88. The molecular weight excluding hydrogens is 251 g/mol. The van der Waals surface area contributed by atoms with Gasteiger partial charge in [-0.2, -0.15) is 0 Å². The van der Waals surface area contributed by atoms with E-state index in [0.29, 0.717) is 0 Å². The second-order valence-electron chi connectivity index (χ2n) is 4.88. The van der Waals surface area contributed by atoms with Crippen molar-refractivity contribution in [3.8, 4) is 0 Å². The second kappa shape index (κ2) is 6.94. The number of likely N-dealkylation sites (N-methyl/N-ethyl adjacent to an activating group) is 1. The molecule has 20 heavy (non-hydrogen) atoms. The first kappa shape index (κ1) is 14.4. The maximum absolute atomic E-state index is 12.8. The van der Waals surface area contributed by atoms with Crippen molar-refractivity contribution in [3.05, 3.63) is 59.9 Å². The van der Waals surface area contributed by atoms with Gasteiger partial charge in [-0.25, -0.2) is 4.39 Å². The van der Waals surface area contributed by atoms with Gasteiger partial charge in [0.15, 0.2) is 0 Å². The molecule has 0 saturated carbocycles. The highest BCUT2D eigenvalue weighted by atomic mass is 19.1. The molecule has 0 amide bonds. The number of hydrogen-bond donors (Lipinski definition) is 1. The van der Waals surface area contributed by atoms with Crippen LogP contribution < -0.4 is 10.2 Å². The van der Waals surface area contributed by atoms with Crippen LogP contribution in [0.25, 0.3) is 0 Å². The zero-order chi connectivity index (χ0) is 14.4. The smallest absolute Gasteiger partial charge is 0.123 e. The van der Waals surface area contributed by atoms with Crippen LogP contribution in [0.3, 0.4) is 0 Å². The Morgan fingerprint density at radius 1 is 1.00 bits per heavy atom. The standard InChI is InChI=1S/C17H21FN2/c1-3-14-4-10-17(11-5-14)20(2)13-12-19-16-8-6-15(18)7-9-16/h4-11,19H,3,12-13H2,1-2H3. The van der Waals surface area contributed by atoms with Gasteiger partial charge in [-0.3, -0.25) is 0 Å². The van der Waals surface area contributed by atoms with E-state index in [1.165, 1.54) is 23.4 Å². The molecule has 0 atom stereocenters. The first-order valence-corrected chi connectivity index (χ1v) is 6.98. The number of nitrogens with one attached hydrogen (secondary N) is 1. The van der Waals surface area contributed by atoms with E-state index in [-0.39, 0.29) is 5.82 Å². The molecule has 3 heteroatoms. The number of anilines is 2. The van der Waals surface area contributed by atoms with Gasteiger partial charge < -0.3 is 10.2 Å². The summed E-state index contributed by atoms with van der Waals surface area (Å²) in [5, 5.41) is 3.29. The van der Waals surface area contributed by atoms with Crippen LogP contribution in [0.5, 0.6) is 0 Å². The Morgan fingerprint density at radius 3 is 2.25 bits per heavy atom. The van der Waals surface area contributed by atoms with Crippen molar-refractivity contribution in [2.75, 3.05) is 30.4 Å². The molecule has 0 aliphatic carbocycles. The summed E-state index contributed by atoms with van der Waals surface area (Å²) in [6, 6.07) is 15.1. The molecule has 2 aromatic rings. The number of hydrogen-bond acceptors (Lipinski definition) is 2. The molecule has 2 aromatic carbocycles. The van der Waals surface area contributed by atoms with Gasteiger partial charge in [-0.1, -0.05) is 19.1 Å². The lowest BCUT2D eigenvalue weighted by Gasteiger charge is -2.20. The first-order valence-electron chi connectivity index (χ1n) is 6.98. The third-order valence-corrected chi connectivity index (χ3v) is 3.41. The summed E-state index contributed by atoms with van der Waals surface area (Å²) in [7, 11) is 2.08. The molecule has 0 fully saturated rings. The third kappa shape index (κ3) is 3.98. The fourth-order valence-electron chi connectivity index (χ4n) is 2.05. The molecule has 2 nitrogen and oxygen atoms in total. The van der Waals surface area contributed by atoms with E-state index in [1.807, 2.05) is 0 Å². The van der Waals surface area contributed by atoms with Crippen molar-refractivity contribution in [3.63, 3.8) is 0 Å². The molecule has 0 spiro atoms. The summed E-state index contributed by atoms with van der Waals surface area (Å²) < 4.78 is 12.8. The Balaban J connectivity index is 1.82. The topological polar surface area (TPSA) is 15.3 Å². The van der Waals surface area contributed by atoms with Crippen molar-refractivity contribution >= 4 is 11.4 Å². The van der Waals surface area contributed by atoms with Gasteiger partial charge in [-0.15, -0.1) is 0 Å². The van der Waals surface area contributed by atoms with Crippen molar-refractivity contribution in [2.45, 2.75) is 13.3 Å². The Hall–Kier alpha value is -2.03. The summed E-state index contributed by atoms with van der Waals surface area (Å²) in [6.07, 6.45) is 1.07. The largest absolute Gasteiger partial charge is 0.383 e. The normalized spacial score (nSPS) is 10.3. The van der Waals surface area contributed by atoms with Crippen molar-refractivity contribution in [1.82, 2.24) is 0 Å². The summed E-state index contributed by atoms with van der Waals surface area (Å²) >= 11 is 0. The predicted octanol–water partition coefficient (Wildman–Crippen LogP) is 3.94. The van der Waals surface area contributed by atoms with Crippen molar-refractivity contribution < 1.29 is 4.39 Å². The lowest BCUT2D eigenvalue weighted by atomic mass is 10.1. The van der Waals surface area contributed by atoms with E-state index in [1.54, 1.807) is 12.1 Å². The minimum absolute atomic E-state index is 0.205. The van der Waals surface area contributed by atoms with Crippen LogP contribution in [0.15, 0.2) is 48.5 Å². The Labute approximate surface area is 120 Å². The lowest BCUT2D eigenvalue weighted by molar-refractivity contribution is 0.628. The summed E-state index contributed by atoms with van der Waals surface area (Å²) in [5.41, 5.74) is 3.51. The first-order chi connectivity index (χ1) is 9.69. The van der Waals surface area contributed by atoms with Gasteiger partial charge in [0.25, 0.3) is 0 Å². The fraction of sp³-hybridized carbons (Fsp3) is 0.294. The number of rotatable bonds is 6. The van der Waals surface area contributed by atoms with Crippen LogP contribution in [0.4, 0.5) is 15.8 Å². The van der Waals surface area contributed by atoms with Gasteiger partial charge >= 0.3 is 0 Å². The predicted molar refractivity (Wildman–Crippen MR) is 84.0 cm³/mol. The Morgan fingerprint density at radius 2 is 1.65 bits per heavy atom. The van der Waals surface area contributed by atoms with Gasteiger partial charge in [0.2, 0.25) is 0 Å². The SMILES string of the molecule is CCc1ccc(N(C)CCNc2ccc(F)cc2)cc1. The van der Waals surface area contributed by atoms with Crippen LogP contribution >= 0.6 is 0 Å². The number of halogens is 1. The van der Waals surface area contributed by atoms with E-state index < -0.39 is 0 Å². The van der Waals surface area contributed by atoms with Gasteiger partial charge in [0.1, 0.15) is 5.82 Å². The van der Waals surface area contributed by atoms with Crippen LogP contribution in [0, 0.1) is 5.82 Å². The zero-order valence-corrected chi connectivity index (χ0v) is 12.1.